The fourth-order valence-electron chi connectivity index (χ4n) is 3.95. The fourth-order valence-corrected chi connectivity index (χ4v) is 5.04. The van der Waals surface area contributed by atoms with Crippen LogP contribution in [0.2, 0.25) is 5.02 Å². The molecule has 6 nitrogen and oxygen atoms in total. The van der Waals surface area contributed by atoms with Gasteiger partial charge in [-0.3, -0.25) is 10.2 Å². The Hall–Kier alpha value is -2.64. The zero-order chi connectivity index (χ0) is 24.5. The standard InChI is InChI=1S/C26H32ClN5OS/c1-6-17(2)29-30-25-28-22-21(34-25)12-11-20(27)23(22)31-13-15-32(16-14-31)24(33)18-7-9-19(10-8-18)26(3,4)5/h7-12H,6,13-16H2,1-5H3,(H,28,30)/b29-17+. The van der Waals surface area contributed by atoms with E-state index in [-0.39, 0.29) is 11.3 Å². The van der Waals surface area contributed by atoms with Gasteiger partial charge in [0.05, 0.1) is 15.4 Å². The molecule has 1 aliphatic heterocycles. The summed E-state index contributed by atoms with van der Waals surface area (Å²) in [5.74, 6) is 0.0775. The number of hydrogen-bond donors (Lipinski definition) is 1. The lowest BCUT2D eigenvalue weighted by molar-refractivity contribution is 0.0747. The second-order valence-electron chi connectivity index (χ2n) is 9.68. The van der Waals surface area contributed by atoms with Gasteiger partial charge in [-0.1, -0.05) is 62.8 Å². The van der Waals surface area contributed by atoms with Gasteiger partial charge in [-0.25, -0.2) is 4.98 Å². The van der Waals surface area contributed by atoms with Crippen molar-refractivity contribution in [3.63, 3.8) is 0 Å². The van der Waals surface area contributed by atoms with Crippen molar-refractivity contribution in [1.82, 2.24) is 9.88 Å². The van der Waals surface area contributed by atoms with Crippen molar-refractivity contribution >= 4 is 55.6 Å². The highest BCUT2D eigenvalue weighted by molar-refractivity contribution is 7.22. The minimum Gasteiger partial charge on any atom is -0.365 e. The highest BCUT2D eigenvalue weighted by Crippen LogP contribution is 2.38. The van der Waals surface area contributed by atoms with E-state index in [1.54, 1.807) is 11.3 Å². The lowest BCUT2D eigenvalue weighted by atomic mass is 9.86. The molecule has 1 N–H and O–H groups in total. The molecule has 0 spiro atoms. The number of hydrogen-bond acceptors (Lipinski definition) is 6. The molecule has 2 aromatic carbocycles. The average molecular weight is 498 g/mol. The molecule has 1 fully saturated rings. The zero-order valence-corrected chi connectivity index (χ0v) is 22.1. The molecule has 0 bridgehead atoms. The van der Waals surface area contributed by atoms with Crippen molar-refractivity contribution in [3.8, 4) is 0 Å². The maximum atomic E-state index is 13.1. The highest BCUT2D eigenvalue weighted by Gasteiger charge is 2.26. The lowest BCUT2D eigenvalue weighted by Crippen LogP contribution is -2.49. The molecule has 2 heterocycles. The predicted molar refractivity (Wildman–Crippen MR) is 145 cm³/mol. The van der Waals surface area contributed by atoms with Crippen LogP contribution in [-0.2, 0) is 5.41 Å². The SMILES string of the molecule is CC/C(C)=N/Nc1nc2c(N3CCN(C(=O)c4ccc(C(C)(C)C)cc4)CC3)c(Cl)ccc2s1. The van der Waals surface area contributed by atoms with E-state index in [0.29, 0.717) is 31.2 Å². The molecule has 1 aliphatic rings. The minimum atomic E-state index is 0.0692. The van der Waals surface area contributed by atoms with Crippen molar-refractivity contribution in [2.45, 2.75) is 46.5 Å². The summed E-state index contributed by atoms with van der Waals surface area (Å²) in [7, 11) is 0. The molecule has 0 atom stereocenters. The van der Waals surface area contributed by atoms with Crippen LogP contribution in [-0.4, -0.2) is 47.7 Å². The van der Waals surface area contributed by atoms with Crippen LogP contribution in [0.1, 0.15) is 57.0 Å². The van der Waals surface area contributed by atoms with Gasteiger partial charge in [-0.15, -0.1) is 0 Å². The Kier molecular flexibility index (Phi) is 7.14. The molecular weight excluding hydrogens is 466 g/mol. The van der Waals surface area contributed by atoms with Gasteiger partial charge in [0.2, 0.25) is 5.13 Å². The first-order chi connectivity index (χ1) is 16.2. The monoisotopic (exact) mass is 497 g/mol. The molecule has 0 saturated carbocycles. The Morgan fingerprint density at radius 2 is 1.79 bits per heavy atom. The van der Waals surface area contributed by atoms with E-state index in [9.17, 15) is 4.79 Å². The van der Waals surface area contributed by atoms with Crippen LogP contribution in [0.25, 0.3) is 10.2 Å². The van der Waals surface area contributed by atoms with Gasteiger partial charge in [-0.2, -0.15) is 5.10 Å². The number of fused-ring (bicyclic) bond motifs is 1. The predicted octanol–water partition coefficient (Wildman–Crippen LogP) is 6.41. The van der Waals surface area contributed by atoms with Crippen molar-refractivity contribution in [2.24, 2.45) is 5.10 Å². The van der Waals surface area contributed by atoms with Crippen molar-refractivity contribution in [3.05, 3.63) is 52.5 Å². The summed E-state index contributed by atoms with van der Waals surface area (Å²) in [4.78, 5) is 22.0. The lowest BCUT2D eigenvalue weighted by Gasteiger charge is -2.36. The van der Waals surface area contributed by atoms with Crippen LogP contribution < -0.4 is 10.3 Å². The molecule has 180 valence electrons. The number of amides is 1. The van der Waals surface area contributed by atoms with Crippen LogP contribution in [0.5, 0.6) is 0 Å². The first-order valence-electron chi connectivity index (χ1n) is 11.7. The maximum absolute atomic E-state index is 13.1. The second-order valence-corrected chi connectivity index (χ2v) is 11.1. The third-order valence-corrected chi connectivity index (χ3v) is 7.45. The van der Waals surface area contributed by atoms with Crippen LogP contribution in [0.15, 0.2) is 41.5 Å². The van der Waals surface area contributed by atoms with Gasteiger partial charge in [0.15, 0.2) is 0 Å². The molecule has 4 rings (SSSR count). The number of nitrogens with zero attached hydrogens (tertiary/aromatic N) is 4. The number of carbonyl (C=O) groups is 1. The van der Waals surface area contributed by atoms with E-state index < -0.39 is 0 Å². The third kappa shape index (κ3) is 5.20. The first-order valence-corrected chi connectivity index (χ1v) is 12.9. The summed E-state index contributed by atoms with van der Waals surface area (Å²) >= 11 is 8.20. The maximum Gasteiger partial charge on any atom is 0.253 e. The summed E-state index contributed by atoms with van der Waals surface area (Å²) in [5.41, 5.74) is 7.93. The molecule has 1 aromatic heterocycles. The van der Waals surface area contributed by atoms with Gasteiger partial charge in [-0.05, 0) is 48.6 Å². The molecule has 3 aromatic rings. The number of carbonyl (C=O) groups excluding carboxylic acids is 1. The minimum absolute atomic E-state index is 0.0692. The summed E-state index contributed by atoms with van der Waals surface area (Å²) in [6, 6.07) is 11.9. The summed E-state index contributed by atoms with van der Waals surface area (Å²) in [6.45, 7) is 13.3. The number of aromatic nitrogens is 1. The van der Waals surface area contributed by atoms with Crippen molar-refractivity contribution in [2.75, 3.05) is 36.5 Å². The molecule has 0 radical (unpaired) electrons. The Morgan fingerprint density at radius 3 is 2.41 bits per heavy atom. The Bertz CT molecular complexity index is 1200. The fraction of sp³-hybridized carbons (Fsp3) is 0.423. The van der Waals surface area contributed by atoms with E-state index in [0.717, 1.165) is 38.7 Å². The Balaban J connectivity index is 1.48. The van der Waals surface area contributed by atoms with E-state index in [1.165, 1.54) is 5.56 Å². The molecule has 0 unspecified atom stereocenters. The number of anilines is 2. The summed E-state index contributed by atoms with van der Waals surface area (Å²) in [5, 5.41) is 5.80. The van der Waals surface area contributed by atoms with Gasteiger partial charge < -0.3 is 9.80 Å². The Morgan fingerprint density at radius 1 is 1.12 bits per heavy atom. The molecular formula is C26H32ClN5OS. The second kappa shape index (κ2) is 9.92. The van der Waals surface area contributed by atoms with E-state index in [4.69, 9.17) is 16.6 Å². The van der Waals surface area contributed by atoms with Crippen molar-refractivity contribution < 1.29 is 4.79 Å². The number of piperazine rings is 1. The van der Waals surface area contributed by atoms with Gasteiger partial charge in [0.25, 0.3) is 5.91 Å². The van der Waals surface area contributed by atoms with Gasteiger partial charge in [0, 0.05) is 37.5 Å². The quantitative estimate of drug-likeness (QED) is 0.327. The number of thiazole rings is 1. The zero-order valence-electron chi connectivity index (χ0n) is 20.5. The highest BCUT2D eigenvalue weighted by atomic mass is 35.5. The third-order valence-electron chi connectivity index (χ3n) is 6.22. The number of benzene rings is 2. The largest absolute Gasteiger partial charge is 0.365 e. The number of nitrogens with one attached hydrogen (secondary N) is 1. The summed E-state index contributed by atoms with van der Waals surface area (Å²) in [6.07, 6.45) is 0.888. The van der Waals surface area contributed by atoms with Crippen LogP contribution in [0, 0.1) is 0 Å². The van der Waals surface area contributed by atoms with E-state index >= 15 is 0 Å². The van der Waals surface area contributed by atoms with E-state index in [1.807, 2.05) is 36.1 Å². The van der Waals surface area contributed by atoms with Crippen molar-refractivity contribution in [1.29, 1.82) is 0 Å². The summed E-state index contributed by atoms with van der Waals surface area (Å²) < 4.78 is 1.06. The number of halogens is 1. The molecule has 34 heavy (non-hydrogen) atoms. The first kappa shape index (κ1) is 24.5. The molecule has 8 heteroatoms. The van der Waals surface area contributed by atoms with E-state index in [2.05, 4.69) is 55.3 Å². The molecule has 1 saturated heterocycles. The normalized spacial score (nSPS) is 15.2. The van der Waals surface area contributed by atoms with Gasteiger partial charge in [0.1, 0.15) is 5.52 Å². The van der Waals surface area contributed by atoms with Gasteiger partial charge >= 0.3 is 0 Å². The van der Waals surface area contributed by atoms with Crippen LogP contribution in [0.3, 0.4) is 0 Å². The average Bonchev–Trinajstić information content (AvgIpc) is 3.24. The van der Waals surface area contributed by atoms with Crippen LogP contribution in [0.4, 0.5) is 10.8 Å². The topological polar surface area (TPSA) is 60.8 Å². The number of rotatable bonds is 5. The smallest absolute Gasteiger partial charge is 0.253 e. The molecule has 0 aliphatic carbocycles. The van der Waals surface area contributed by atoms with Crippen LogP contribution >= 0.6 is 22.9 Å². The number of hydrazone groups is 1. The Labute approximate surface area is 210 Å². The molecule has 1 amide bonds.